The molecule has 7 rings (SSSR count). The standard InChI is InChI=1S/C30H19N3O/c1-3-9-27-25(7-1)33(26-8-2-4-10-28(26)34-27)22-14-11-20(12-15-22)23-17-19-32-30-24(23)16-13-21-6-5-18-31-29(21)30/h1-19H. The largest absolute Gasteiger partial charge is 0.453 e. The van der Waals surface area contributed by atoms with Gasteiger partial charge in [-0.25, -0.2) is 0 Å². The zero-order chi connectivity index (χ0) is 22.5. The van der Waals surface area contributed by atoms with Crippen LogP contribution in [0.3, 0.4) is 0 Å². The van der Waals surface area contributed by atoms with Gasteiger partial charge < -0.3 is 9.64 Å². The summed E-state index contributed by atoms with van der Waals surface area (Å²) in [6, 6.07) is 35.3. The van der Waals surface area contributed by atoms with E-state index in [1.54, 1.807) is 0 Å². The zero-order valence-corrected chi connectivity index (χ0v) is 18.2. The van der Waals surface area contributed by atoms with E-state index in [4.69, 9.17) is 4.74 Å². The number of para-hydroxylation sites is 4. The van der Waals surface area contributed by atoms with E-state index in [0.717, 1.165) is 61.5 Å². The van der Waals surface area contributed by atoms with Gasteiger partial charge in [0.15, 0.2) is 11.5 Å². The molecule has 4 aromatic carbocycles. The van der Waals surface area contributed by atoms with E-state index in [2.05, 4.69) is 75.5 Å². The molecule has 1 aliphatic heterocycles. The lowest BCUT2D eigenvalue weighted by atomic mass is 9.99. The number of rotatable bonds is 2. The summed E-state index contributed by atoms with van der Waals surface area (Å²) in [5, 5.41) is 2.20. The second-order valence-electron chi connectivity index (χ2n) is 8.32. The molecule has 4 nitrogen and oxygen atoms in total. The van der Waals surface area contributed by atoms with E-state index < -0.39 is 0 Å². The first-order valence-corrected chi connectivity index (χ1v) is 11.3. The first-order valence-electron chi connectivity index (χ1n) is 11.3. The number of benzene rings is 4. The van der Waals surface area contributed by atoms with Gasteiger partial charge in [0.25, 0.3) is 0 Å². The van der Waals surface area contributed by atoms with Gasteiger partial charge in [-0.15, -0.1) is 0 Å². The predicted octanol–water partition coefficient (Wildman–Crippen LogP) is 8.03. The summed E-state index contributed by atoms with van der Waals surface area (Å²) in [5.41, 5.74) is 7.28. The average molecular weight is 438 g/mol. The van der Waals surface area contributed by atoms with Crippen LogP contribution < -0.4 is 9.64 Å². The lowest BCUT2D eigenvalue weighted by Crippen LogP contribution is -2.15. The van der Waals surface area contributed by atoms with Crippen LogP contribution in [0.2, 0.25) is 0 Å². The molecule has 34 heavy (non-hydrogen) atoms. The Hall–Kier alpha value is -4.70. The highest BCUT2D eigenvalue weighted by atomic mass is 16.5. The second-order valence-corrected chi connectivity index (χ2v) is 8.32. The molecule has 0 atom stereocenters. The monoisotopic (exact) mass is 437 g/mol. The van der Waals surface area contributed by atoms with Crippen LogP contribution in [0.1, 0.15) is 0 Å². The normalized spacial score (nSPS) is 12.3. The van der Waals surface area contributed by atoms with Crippen molar-refractivity contribution in [1.82, 2.24) is 9.97 Å². The molecule has 0 amide bonds. The molecule has 0 radical (unpaired) electrons. The molecular weight excluding hydrogens is 418 g/mol. The molecule has 0 saturated carbocycles. The van der Waals surface area contributed by atoms with E-state index >= 15 is 0 Å². The van der Waals surface area contributed by atoms with Crippen LogP contribution in [0.4, 0.5) is 17.1 Å². The molecule has 0 bridgehead atoms. The fourth-order valence-electron chi connectivity index (χ4n) is 4.78. The number of fused-ring (bicyclic) bond motifs is 5. The molecule has 0 unspecified atom stereocenters. The van der Waals surface area contributed by atoms with Gasteiger partial charge in [-0.1, -0.05) is 54.6 Å². The van der Waals surface area contributed by atoms with Gasteiger partial charge in [0, 0.05) is 28.9 Å². The summed E-state index contributed by atoms with van der Waals surface area (Å²) in [5.74, 6) is 1.70. The van der Waals surface area contributed by atoms with Gasteiger partial charge >= 0.3 is 0 Å². The molecule has 1 aliphatic rings. The van der Waals surface area contributed by atoms with E-state index in [1.165, 1.54) is 0 Å². The van der Waals surface area contributed by atoms with E-state index in [9.17, 15) is 0 Å². The molecule has 4 heteroatoms. The van der Waals surface area contributed by atoms with Crippen LogP contribution >= 0.6 is 0 Å². The van der Waals surface area contributed by atoms with Crippen LogP contribution in [0.15, 0.2) is 116 Å². The van der Waals surface area contributed by atoms with Gasteiger partial charge in [-0.3, -0.25) is 9.97 Å². The zero-order valence-electron chi connectivity index (χ0n) is 18.2. The highest BCUT2D eigenvalue weighted by Gasteiger charge is 2.25. The third-order valence-electron chi connectivity index (χ3n) is 6.35. The smallest absolute Gasteiger partial charge is 0.151 e. The maximum absolute atomic E-state index is 6.15. The molecule has 3 heterocycles. The van der Waals surface area contributed by atoms with Gasteiger partial charge in [-0.05, 0) is 59.7 Å². The highest BCUT2D eigenvalue weighted by Crippen LogP contribution is 2.50. The Bertz CT molecular complexity index is 1650. The van der Waals surface area contributed by atoms with Crippen molar-refractivity contribution < 1.29 is 4.74 Å². The Morgan fingerprint density at radius 1 is 0.559 bits per heavy atom. The Kier molecular flexibility index (Phi) is 4.11. The minimum atomic E-state index is 0.852. The molecule has 2 aromatic heterocycles. The van der Waals surface area contributed by atoms with E-state index in [-0.39, 0.29) is 0 Å². The number of pyridine rings is 2. The van der Waals surface area contributed by atoms with Crippen molar-refractivity contribution in [1.29, 1.82) is 0 Å². The molecule has 0 spiro atoms. The number of aromatic nitrogens is 2. The molecule has 0 saturated heterocycles. The third kappa shape index (κ3) is 2.86. The van der Waals surface area contributed by atoms with Gasteiger partial charge in [-0.2, -0.15) is 0 Å². The third-order valence-corrected chi connectivity index (χ3v) is 6.35. The van der Waals surface area contributed by atoms with Gasteiger partial charge in [0.2, 0.25) is 0 Å². The number of hydrogen-bond acceptors (Lipinski definition) is 4. The van der Waals surface area contributed by atoms with Crippen LogP contribution in [0.5, 0.6) is 11.5 Å². The number of nitrogens with zero attached hydrogens (tertiary/aromatic N) is 3. The van der Waals surface area contributed by atoms with E-state index in [1.807, 2.05) is 54.9 Å². The summed E-state index contributed by atoms with van der Waals surface area (Å²) >= 11 is 0. The quantitative estimate of drug-likeness (QED) is 0.257. The Balaban J connectivity index is 1.36. The Morgan fingerprint density at radius 3 is 2.03 bits per heavy atom. The maximum atomic E-state index is 6.15. The van der Waals surface area contributed by atoms with Crippen LogP contribution in [-0.2, 0) is 0 Å². The molecule has 0 aliphatic carbocycles. The van der Waals surface area contributed by atoms with Crippen molar-refractivity contribution in [2.24, 2.45) is 0 Å². The minimum Gasteiger partial charge on any atom is -0.453 e. The van der Waals surface area contributed by atoms with Crippen molar-refractivity contribution in [3.8, 4) is 22.6 Å². The highest BCUT2D eigenvalue weighted by molar-refractivity contribution is 6.08. The topological polar surface area (TPSA) is 38.2 Å². The Labute approximate surface area is 196 Å². The van der Waals surface area contributed by atoms with Crippen molar-refractivity contribution in [3.63, 3.8) is 0 Å². The first-order chi connectivity index (χ1) is 16.9. The average Bonchev–Trinajstić information content (AvgIpc) is 2.91. The molecule has 0 fully saturated rings. The predicted molar refractivity (Wildman–Crippen MR) is 137 cm³/mol. The molecule has 6 aromatic rings. The van der Waals surface area contributed by atoms with Gasteiger partial charge in [0.05, 0.1) is 22.4 Å². The SMILES string of the molecule is c1ccc2c(c1)Oc1ccccc1N2c1ccc(-c2ccnc3c2ccc2cccnc23)cc1. The molecular formula is C30H19N3O. The summed E-state index contributed by atoms with van der Waals surface area (Å²) in [4.78, 5) is 11.5. The molecule has 160 valence electrons. The number of hydrogen-bond donors (Lipinski definition) is 0. The lowest BCUT2D eigenvalue weighted by Gasteiger charge is -2.32. The van der Waals surface area contributed by atoms with Crippen molar-refractivity contribution >= 4 is 38.9 Å². The molecule has 0 N–H and O–H groups in total. The van der Waals surface area contributed by atoms with Crippen LogP contribution in [0.25, 0.3) is 32.9 Å². The fourth-order valence-corrected chi connectivity index (χ4v) is 4.78. The van der Waals surface area contributed by atoms with Crippen LogP contribution in [0, 0.1) is 0 Å². The van der Waals surface area contributed by atoms with E-state index in [0.29, 0.717) is 0 Å². The summed E-state index contributed by atoms with van der Waals surface area (Å²) in [6.07, 6.45) is 3.69. The number of ether oxygens (including phenoxy) is 1. The van der Waals surface area contributed by atoms with Crippen molar-refractivity contribution in [2.45, 2.75) is 0 Å². The second kappa shape index (κ2) is 7.42. The van der Waals surface area contributed by atoms with Gasteiger partial charge in [0.1, 0.15) is 0 Å². The first kappa shape index (κ1) is 18.8. The van der Waals surface area contributed by atoms with Crippen LogP contribution in [-0.4, -0.2) is 9.97 Å². The Morgan fingerprint density at radius 2 is 1.26 bits per heavy atom. The van der Waals surface area contributed by atoms with Crippen molar-refractivity contribution in [3.05, 3.63) is 116 Å². The summed E-state index contributed by atoms with van der Waals surface area (Å²) in [7, 11) is 0. The minimum absolute atomic E-state index is 0.852. The maximum Gasteiger partial charge on any atom is 0.151 e. The summed E-state index contributed by atoms with van der Waals surface area (Å²) < 4.78 is 6.15. The van der Waals surface area contributed by atoms with Crippen molar-refractivity contribution in [2.75, 3.05) is 4.90 Å². The lowest BCUT2D eigenvalue weighted by molar-refractivity contribution is 0.477. The number of anilines is 3. The fraction of sp³-hybridized carbons (Fsp3) is 0. The summed E-state index contributed by atoms with van der Waals surface area (Å²) in [6.45, 7) is 0.